The van der Waals surface area contributed by atoms with Crippen LogP contribution in [0, 0.1) is 27.5 Å². The van der Waals surface area contributed by atoms with Crippen molar-refractivity contribution in [2.45, 2.75) is 26.8 Å². The van der Waals surface area contributed by atoms with Gasteiger partial charge in [0.05, 0.1) is 11.0 Å². The van der Waals surface area contributed by atoms with Crippen LogP contribution in [-0.4, -0.2) is 4.92 Å². The van der Waals surface area contributed by atoms with Crippen LogP contribution >= 0.6 is 22.6 Å². The number of furan rings is 1. The summed E-state index contributed by atoms with van der Waals surface area (Å²) in [6.07, 6.45) is 0. The molecule has 0 aliphatic heterocycles. The van der Waals surface area contributed by atoms with Gasteiger partial charge in [-0.25, -0.2) is 0 Å². The van der Waals surface area contributed by atoms with Gasteiger partial charge in [0.1, 0.15) is 17.2 Å². The first kappa shape index (κ1) is 14.8. The van der Waals surface area contributed by atoms with E-state index in [2.05, 4.69) is 27.9 Å². The summed E-state index contributed by atoms with van der Waals surface area (Å²) in [7, 11) is 0. The zero-order chi connectivity index (χ0) is 14.9. The predicted octanol–water partition coefficient (Wildman–Crippen LogP) is 4.58. The number of rotatable bonds is 4. The lowest BCUT2D eigenvalue weighted by Gasteiger charge is -2.14. The lowest BCUT2D eigenvalue weighted by atomic mass is 10.1. The highest BCUT2D eigenvalue weighted by molar-refractivity contribution is 14.1. The van der Waals surface area contributed by atoms with Crippen molar-refractivity contribution in [1.29, 1.82) is 0 Å². The van der Waals surface area contributed by atoms with Crippen molar-refractivity contribution < 1.29 is 9.34 Å². The Morgan fingerprint density at radius 3 is 2.60 bits per heavy atom. The molecule has 1 unspecified atom stereocenters. The fourth-order valence-corrected chi connectivity index (χ4v) is 2.64. The van der Waals surface area contributed by atoms with E-state index in [1.54, 1.807) is 12.1 Å². The van der Waals surface area contributed by atoms with E-state index in [1.807, 2.05) is 32.9 Å². The van der Waals surface area contributed by atoms with E-state index >= 15 is 0 Å². The van der Waals surface area contributed by atoms with Crippen molar-refractivity contribution in [1.82, 2.24) is 0 Å². The molecule has 1 N–H and O–H groups in total. The molecular weight excluding hydrogens is 371 g/mol. The van der Waals surface area contributed by atoms with Gasteiger partial charge in [-0.1, -0.05) is 0 Å². The van der Waals surface area contributed by atoms with Gasteiger partial charge in [0.2, 0.25) is 0 Å². The molecule has 1 atom stereocenters. The van der Waals surface area contributed by atoms with Crippen LogP contribution in [0.4, 0.5) is 11.4 Å². The number of nitrogens with one attached hydrogen (secondary N) is 1. The molecule has 1 aromatic heterocycles. The van der Waals surface area contributed by atoms with Crippen LogP contribution in [0.5, 0.6) is 0 Å². The van der Waals surface area contributed by atoms with Gasteiger partial charge in [-0.15, -0.1) is 0 Å². The smallest absolute Gasteiger partial charge is 0.293 e. The Balaban J connectivity index is 2.30. The Labute approximate surface area is 130 Å². The van der Waals surface area contributed by atoms with Gasteiger partial charge in [0.25, 0.3) is 5.69 Å². The fourth-order valence-electron chi connectivity index (χ4n) is 2.17. The zero-order valence-corrected chi connectivity index (χ0v) is 13.6. The molecule has 2 aromatic rings. The van der Waals surface area contributed by atoms with Crippen molar-refractivity contribution >= 4 is 34.0 Å². The number of benzene rings is 1. The second-order valence-electron chi connectivity index (χ2n) is 4.65. The second kappa shape index (κ2) is 5.82. The Bertz CT molecular complexity index is 652. The summed E-state index contributed by atoms with van der Waals surface area (Å²) in [5.41, 5.74) is 1.61. The molecule has 5 nitrogen and oxygen atoms in total. The summed E-state index contributed by atoms with van der Waals surface area (Å²) in [6, 6.07) is 7.02. The molecule has 0 amide bonds. The molecule has 0 fully saturated rings. The molecule has 1 heterocycles. The third-order valence-electron chi connectivity index (χ3n) is 3.07. The van der Waals surface area contributed by atoms with E-state index in [9.17, 15) is 10.1 Å². The minimum absolute atomic E-state index is 0.0637. The molecular formula is C14H15IN2O3. The van der Waals surface area contributed by atoms with E-state index in [4.69, 9.17) is 4.42 Å². The molecule has 0 aliphatic rings. The first-order valence-electron chi connectivity index (χ1n) is 6.16. The molecule has 106 valence electrons. The van der Waals surface area contributed by atoms with Gasteiger partial charge in [-0.2, -0.15) is 0 Å². The number of hydrogen-bond donors (Lipinski definition) is 1. The Kier molecular flexibility index (Phi) is 4.32. The van der Waals surface area contributed by atoms with Gasteiger partial charge in [-0.3, -0.25) is 10.1 Å². The van der Waals surface area contributed by atoms with Crippen LogP contribution < -0.4 is 5.32 Å². The number of nitrogens with zero attached hydrogens (tertiary/aromatic N) is 1. The highest BCUT2D eigenvalue weighted by Gasteiger charge is 2.18. The molecule has 20 heavy (non-hydrogen) atoms. The van der Waals surface area contributed by atoms with E-state index < -0.39 is 0 Å². The van der Waals surface area contributed by atoms with Crippen molar-refractivity contribution in [3.63, 3.8) is 0 Å². The number of halogens is 1. The summed E-state index contributed by atoms with van der Waals surface area (Å²) < 4.78 is 6.33. The van der Waals surface area contributed by atoms with Crippen molar-refractivity contribution in [2.75, 3.05) is 5.32 Å². The molecule has 6 heteroatoms. The molecule has 0 radical (unpaired) electrons. The Morgan fingerprint density at radius 1 is 1.35 bits per heavy atom. The van der Waals surface area contributed by atoms with E-state index in [-0.39, 0.29) is 16.7 Å². The molecule has 1 aromatic carbocycles. The molecule has 0 spiro atoms. The van der Waals surface area contributed by atoms with Crippen LogP contribution in [0.15, 0.2) is 28.7 Å². The highest BCUT2D eigenvalue weighted by atomic mass is 127. The van der Waals surface area contributed by atoms with Crippen molar-refractivity contribution in [3.05, 3.63) is 55.0 Å². The fraction of sp³-hybridized carbons (Fsp3) is 0.286. The van der Waals surface area contributed by atoms with Crippen LogP contribution in [0.25, 0.3) is 0 Å². The van der Waals surface area contributed by atoms with Gasteiger partial charge >= 0.3 is 0 Å². The molecule has 0 saturated carbocycles. The number of aryl methyl sites for hydroxylation is 2. The SMILES string of the molecule is Cc1cc(C(C)Nc2ccc(I)cc2[N+](=O)[O-])c(C)o1. The number of hydrogen-bond acceptors (Lipinski definition) is 4. The van der Waals surface area contributed by atoms with Crippen LogP contribution in [-0.2, 0) is 0 Å². The topological polar surface area (TPSA) is 68.3 Å². The summed E-state index contributed by atoms with van der Waals surface area (Å²) in [5, 5.41) is 14.3. The predicted molar refractivity (Wildman–Crippen MR) is 86.0 cm³/mol. The monoisotopic (exact) mass is 386 g/mol. The maximum atomic E-state index is 11.1. The van der Waals surface area contributed by atoms with Crippen LogP contribution in [0.2, 0.25) is 0 Å². The second-order valence-corrected chi connectivity index (χ2v) is 5.90. The number of nitro groups is 1. The zero-order valence-electron chi connectivity index (χ0n) is 11.4. The van der Waals surface area contributed by atoms with Crippen LogP contribution in [0.3, 0.4) is 0 Å². The Morgan fingerprint density at radius 2 is 2.05 bits per heavy atom. The average molecular weight is 386 g/mol. The number of nitro benzene ring substituents is 1. The summed E-state index contributed by atoms with van der Waals surface area (Å²) in [5.74, 6) is 1.67. The van der Waals surface area contributed by atoms with E-state index in [1.165, 1.54) is 0 Å². The van der Waals surface area contributed by atoms with Gasteiger partial charge in [-0.05, 0) is 61.6 Å². The van der Waals surface area contributed by atoms with Gasteiger partial charge < -0.3 is 9.73 Å². The minimum Gasteiger partial charge on any atom is -0.466 e. The Hall–Kier alpha value is -1.57. The molecule has 2 rings (SSSR count). The third-order valence-corrected chi connectivity index (χ3v) is 3.75. The molecule has 0 bridgehead atoms. The summed E-state index contributed by atoms with van der Waals surface area (Å²) in [6.45, 7) is 5.73. The minimum atomic E-state index is -0.370. The first-order chi connectivity index (χ1) is 9.38. The maximum Gasteiger partial charge on any atom is 0.293 e. The van der Waals surface area contributed by atoms with E-state index in [0.29, 0.717) is 5.69 Å². The van der Waals surface area contributed by atoms with Crippen molar-refractivity contribution in [3.8, 4) is 0 Å². The molecule has 0 saturated heterocycles. The normalized spacial score (nSPS) is 12.2. The summed E-state index contributed by atoms with van der Waals surface area (Å²) >= 11 is 2.06. The summed E-state index contributed by atoms with van der Waals surface area (Å²) in [4.78, 5) is 10.7. The van der Waals surface area contributed by atoms with Crippen molar-refractivity contribution in [2.24, 2.45) is 0 Å². The van der Waals surface area contributed by atoms with E-state index in [0.717, 1.165) is 20.7 Å². The maximum absolute atomic E-state index is 11.1. The lowest BCUT2D eigenvalue weighted by Crippen LogP contribution is -2.08. The number of anilines is 1. The van der Waals surface area contributed by atoms with Crippen LogP contribution in [0.1, 0.15) is 30.0 Å². The third kappa shape index (κ3) is 3.12. The molecule has 0 aliphatic carbocycles. The van der Waals surface area contributed by atoms with Gasteiger partial charge in [0, 0.05) is 15.2 Å². The quantitative estimate of drug-likeness (QED) is 0.475. The highest BCUT2D eigenvalue weighted by Crippen LogP contribution is 2.31. The van der Waals surface area contributed by atoms with Gasteiger partial charge in [0.15, 0.2) is 0 Å². The first-order valence-corrected chi connectivity index (χ1v) is 7.23. The average Bonchev–Trinajstić information content (AvgIpc) is 2.70. The largest absolute Gasteiger partial charge is 0.466 e. The lowest BCUT2D eigenvalue weighted by molar-refractivity contribution is -0.384. The standard InChI is InChI=1S/C14H15IN2O3/c1-8-6-12(10(3)20-8)9(2)16-13-5-4-11(15)7-14(13)17(18)19/h4-7,9,16H,1-3H3.